The van der Waals surface area contributed by atoms with E-state index in [9.17, 15) is 28.1 Å². The molecular weight excluding hydrogens is 361 g/mol. The molecule has 9 nitrogen and oxygen atoms in total. The van der Waals surface area contributed by atoms with Crippen LogP contribution in [0.4, 0.5) is 24.5 Å². The van der Waals surface area contributed by atoms with Crippen LogP contribution in [-0.4, -0.2) is 34.1 Å². The highest BCUT2D eigenvalue weighted by atomic mass is 19.4. The molecule has 0 atom stereocenters. The van der Waals surface area contributed by atoms with E-state index in [0.717, 1.165) is 18.3 Å². The largest absolute Gasteiger partial charge is 0.573 e. The number of methoxy groups -OCH3 is 1. The predicted molar refractivity (Wildman–Crippen MR) is 81.8 cm³/mol. The molecule has 1 aromatic heterocycles. The fraction of sp³-hybridized carbons (Fsp3) is 0.286. The molecule has 1 amide bonds. The molecule has 0 spiro atoms. The Morgan fingerprint density at radius 1 is 1.35 bits per heavy atom. The van der Waals surface area contributed by atoms with Gasteiger partial charge in [-0.15, -0.1) is 18.3 Å². The van der Waals surface area contributed by atoms with E-state index >= 15 is 0 Å². The predicted octanol–water partition coefficient (Wildman–Crippen LogP) is 2.73. The highest BCUT2D eigenvalue weighted by molar-refractivity contribution is 5.90. The van der Waals surface area contributed by atoms with E-state index in [4.69, 9.17) is 4.74 Å². The van der Waals surface area contributed by atoms with E-state index in [2.05, 4.69) is 15.2 Å². The molecule has 1 aromatic carbocycles. The first kappa shape index (κ1) is 19.0. The van der Waals surface area contributed by atoms with Crippen LogP contribution in [0, 0.1) is 10.1 Å². The van der Waals surface area contributed by atoms with E-state index in [1.54, 1.807) is 0 Å². The standard InChI is InChI=1S/C14H13F3N4O5/c1-25-13-11(21(23)24)8-20(19-13)7-6-12(22)18-9-2-4-10(5-3-9)26-14(15,16)17/h2-5,8H,6-7H2,1H3,(H,18,22). The average molecular weight is 374 g/mol. The van der Waals surface area contributed by atoms with Gasteiger partial charge in [0.15, 0.2) is 0 Å². The molecule has 0 fully saturated rings. The number of alkyl halides is 3. The fourth-order valence-electron chi connectivity index (χ4n) is 1.96. The van der Waals surface area contributed by atoms with Crippen LogP contribution in [0.2, 0.25) is 0 Å². The molecule has 0 saturated heterocycles. The van der Waals surface area contributed by atoms with Crippen molar-refractivity contribution < 1.29 is 32.4 Å². The Kier molecular flexibility index (Phi) is 5.64. The lowest BCUT2D eigenvalue weighted by atomic mass is 10.3. The average Bonchev–Trinajstić information content (AvgIpc) is 2.97. The van der Waals surface area contributed by atoms with Crippen LogP contribution in [0.5, 0.6) is 11.6 Å². The maximum absolute atomic E-state index is 12.1. The molecular formula is C14H13F3N4O5. The summed E-state index contributed by atoms with van der Waals surface area (Å²) in [5.41, 5.74) is -0.0540. The molecule has 2 aromatic rings. The third-order valence-electron chi connectivity index (χ3n) is 3.04. The lowest BCUT2D eigenvalue weighted by Crippen LogP contribution is -2.17. The molecule has 26 heavy (non-hydrogen) atoms. The van der Waals surface area contributed by atoms with Crippen molar-refractivity contribution in [3.8, 4) is 11.6 Å². The first-order valence-electron chi connectivity index (χ1n) is 7.09. The van der Waals surface area contributed by atoms with Gasteiger partial charge < -0.3 is 14.8 Å². The molecule has 0 bridgehead atoms. The molecule has 0 aliphatic heterocycles. The number of ether oxygens (including phenoxy) is 2. The van der Waals surface area contributed by atoms with E-state index in [0.29, 0.717) is 0 Å². The van der Waals surface area contributed by atoms with Crippen molar-refractivity contribution in [1.82, 2.24) is 9.78 Å². The van der Waals surface area contributed by atoms with Crippen LogP contribution in [0.1, 0.15) is 6.42 Å². The number of rotatable bonds is 7. The van der Waals surface area contributed by atoms with Gasteiger partial charge in [-0.3, -0.25) is 19.6 Å². The second-order valence-electron chi connectivity index (χ2n) is 4.91. The number of benzene rings is 1. The number of nitrogens with zero attached hydrogens (tertiary/aromatic N) is 3. The molecule has 0 saturated carbocycles. The van der Waals surface area contributed by atoms with Crippen LogP contribution in [0.15, 0.2) is 30.5 Å². The van der Waals surface area contributed by atoms with Crippen LogP contribution < -0.4 is 14.8 Å². The fourth-order valence-corrected chi connectivity index (χ4v) is 1.96. The zero-order valence-electron chi connectivity index (χ0n) is 13.3. The summed E-state index contributed by atoms with van der Waals surface area (Å²) in [6, 6.07) is 4.62. The number of carbonyl (C=O) groups excluding carboxylic acids is 1. The van der Waals surface area contributed by atoms with Crippen molar-refractivity contribution in [2.45, 2.75) is 19.3 Å². The molecule has 1 heterocycles. The Morgan fingerprint density at radius 2 is 2.00 bits per heavy atom. The van der Waals surface area contributed by atoms with Crippen LogP contribution in [-0.2, 0) is 11.3 Å². The van der Waals surface area contributed by atoms with E-state index in [1.165, 1.54) is 23.9 Å². The number of hydrogen-bond acceptors (Lipinski definition) is 6. The smallest absolute Gasteiger partial charge is 0.475 e. The molecule has 1 N–H and O–H groups in total. The van der Waals surface area contributed by atoms with Gasteiger partial charge in [0.05, 0.1) is 18.6 Å². The van der Waals surface area contributed by atoms with Crippen LogP contribution >= 0.6 is 0 Å². The minimum atomic E-state index is -4.79. The Morgan fingerprint density at radius 3 is 2.50 bits per heavy atom. The van der Waals surface area contributed by atoms with Gasteiger partial charge in [-0.05, 0) is 24.3 Å². The second kappa shape index (κ2) is 7.72. The van der Waals surface area contributed by atoms with Gasteiger partial charge in [-0.25, -0.2) is 0 Å². The van der Waals surface area contributed by atoms with Gasteiger partial charge in [0, 0.05) is 12.1 Å². The zero-order chi connectivity index (χ0) is 19.3. The van der Waals surface area contributed by atoms with Crippen molar-refractivity contribution in [2.24, 2.45) is 0 Å². The van der Waals surface area contributed by atoms with Gasteiger partial charge >= 0.3 is 17.9 Å². The molecule has 2 rings (SSSR count). The van der Waals surface area contributed by atoms with E-state index < -0.39 is 22.9 Å². The topological polar surface area (TPSA) is 109 Å². The summed E-state index contributed by atoms with van der Waals surface area (Å²) in [4.78, 5) is 22.0. The van der Waals surface area contributed by atoms with E-state index in [1.807, 2.05) is 0 Å². The third kappa shape index (κ3) is 5.36. The third-order valence-corrected chi connectivity index (χ3v) is 3.04. The first-order valence-corrected chi connectivity index (χ1v) is 7.09. The maximum Gasteiger partial charge on any atom is 0.573 e. The van der Waals surface area contributed by atoms with Gasteiger partial charge in [0.1, 0.15) is 11.9 Å². The SMILES string of the molecule is COc1nn(CCC(=O)Nc2ccc(OC(F)(F)F)cc2)cc1[N+](=O)[O-]. The molecule has 140 valence electrons. The summed E-state index contributed by atoms with van der Waals surface area (Å²) in [5.74, 6) is -1.03. The highest BCUT2D eigenvalue weighted by Gasteiger charge is 2.31. The van der Waals surface area contributed by atoms with Gasteiger partial charge in [0.25, 0.3) is 0 Å². The Labute approximate surface area is 144 Å². The summed E-state index contributed by atoms with van der Waals surface area (Å²) in [6.45, 7) is 0.0469. The number of nitrogens with one attached hydrogen (secondary N) is 1. The van der Waals surface area contributed by atoms with Crippen molar-refractivity contribution in [3.05, 3.63) is 40.6 Å². The molecule has 0 aliphatic carbocycles. The monoisotopic (exact) mass is 374 g/mol. The van der Waals surface area contributed by atoms with Crippen molar-refractivity contribution in [2.75, 3.05) is 12.4 Å². The summed E-state index contributed by atoms with van der Waals surface area (Å²) >= 11 is 0. The minimum absolute atomic E-state index is 0.0469. The Bertz CT molecular complexity index is 789. The maximum atomic E-state index is 12.1. The summed E-state index contributed by atoms with van der Waals surface area (Å²) in [6.07, 6.45) is -3.73. The Balaban J connectivity index is 1.90. The lowest BCUT2D eigenvalue weighted by Gasteiger charge is -2.10. The lowest BCUT2D eigenvalue weighted by molar-refractivity contribution is -0.385. The molecule has 0 aliphatic rings. The molecule has 12 heteroatoms. The first-order chi connectivity index (χ1) is 12.2. The zero-order valence-corrected chi connectivity index (χ0v) is 13.3. The molecule has 0 radical (unpaired) electrons. The molecule has 0 unspecified atom stereocenters. The van der Waals surface area contributed by atoms with E-state index in [-0.39, 0.29) is 30.2 Å². The summed E-state index contributed by atoms with van der Waals surface area (Å²) in [5, 5.41) is 17.1. The summed E-state index contributed by atoms with van der Waals surface area (Å²) < 4.78 is 45.9. The number of amides is 1. The number of anilines is 1. The number of aryl methyl sites for hydroxylation is 1. The number of aromatic nitrogens is 2. The van der Waals surface area contributed by atoms with Crippen molar-refractivity contribution in [1.29, 1.82) is 0 Å². The van der Waals surface area contributed by atoms with Crippen LogP contribution in [0.25, 0.3) is 0 Å². The number of halogens is 3. The normalized spacial score (nSPS) is 11.1. The second-order valence-corrected chi connectivity index (χ2v) is 4.91. The highest BCUT2D eigenvalue weighted by Crippen LogP contribution is 2.25. The van der Waals surface area contributed by atoms with Gasteiger partial charge in [0.2, 0.25) is 5.91 Å². The number of carbonyl (C=O) groups is 1. The van der Waals surface area contributed by atoms with Gasteiger partial charge in [-0.2, -0.15) is 0 Å². The van der Waals surface area contributed by atoms with Crippen LogP contribution in [0.3, 0.4) is 0 Å². The Hall–Kier alpha value is -3.31. The number of hydrogen-bond donors (Lipinski definition) is 1. The van der Waals surface area contributed by atoms with Gasteiger partial charge in [-0.1, -0.05) is 0 Å². The van der Waals surface area contributed by atoms with Crippen molar-refractivity contribution >= 4 is 17.3 Å². The number of nitro groups is 1. The van der Waals surface area contributed by atoms with Crippen molar-refractivity contribution in [3.63, 3.8) is 0 Å². The minimum Gasteiger partial charge on any atom is -0.475 e. The summed E-state index contributed by atoms with van der Waals surface area (Å²) in [7, 11) is 1.23. The quantitative estimate of drug-likeness (QED) is 0.590.